The molecular weight excluding hydrogens is 246 g/mol. The van der Waals surface area contributed by atoms with Gasteiger partial charge in [0.2, 0.25) is 0 Å². The maximum absolute atomic E-state index is 6.21. The maximum Gasteiger partial charge on any atom is 0.0600 e. The number of pyridine rings is 1. The Hall–Kier alpha value is -1.87. The molecule has 0 aliphatic heterocycles. The van der Waals surface area contributed by atoms with Gasteiger partial charge >= 0.3 is 0 Å². The summed E-state index contributed by atoms with van der Waals surface area (Å²) in [5, 5.41) is 0. The van der Waals surface area contributed by atoms with Crippen molar-refractivity contribution in [3.8, 4) is 0 Å². The van der Waals surface area contributed by atoms with Crippen molar-refractivity contribution in [1.29, 1.82) is 0 Å². The average molecular weight is 269 g/mol. The highest BCUT2D eigenvalue weighted by Crippen LogP contribution is 2.26. The smallest absolute Gasteiger partial charge is 0.0600 e. The van der Waals surface area contributed by atoms with Crippen LogP contribution in [-0.2, 0) is 6.54 Å². The van der Waals surface area contributed by atoms with E-state index in [4.69, 9.17) is 5.73 Å². The molecule has 1 atom stereocenters. The molecule has 0 unspecified atom stereocenters. The second-order valence-corrected chi connectivity index (χ2v) is 5.20. The van der Waals surface area contributed by atoms with E-state index in [1.165, 1.54) is 11.3 Å². The Kier molecular flexibility index (Phi) is 4.74. The van der Waals surface area contributed by atoms with Crippen molar-refractivity contribution >= 4 is 5.69 Å². The second kappa shape index (κ2) is 6.53. The number of para-hydroxylation sites is 1. The molecule has 0 aliphatic carbocycles. The molecule has 20 heavy (non-hydrogen) atoms. The van der Waals surface area contributed by atoms with E-state index in [1.54, 1.807) is 0 Å². The van der Waals surface area contributed by atoms with Crippen molar-refractivity contribution < 1.29 is 0 Å². The first-order chi connectivity index (χ1) is 9.61. The van der Waals surface area contributed by atoms with Crippen LogP contribution in [0.5, 0.6) is 0 Å². The Morgan fingerprint density at radius 3 is 2.60 bits per heavy atom. The van der Waals surface area contributed by atoms with Gasteiger partial charge in [-0.25, -0.2) is 0 Å². The molecule has 106 valence electrons. The summed E-state index contributed by atoms with van der Waals surface area (Å²) in [6, 6.07) is 14.6. The molecule has 1 aromatic carbocycles. The second-order valence-electron chi connectivity index (χ2n) is 5.20. The molecule has 0 fully saturated rings. The van der Waals surface area contributed by atoms with Crippen molar-refractivity contribution in [2.75, 3.05) is 11.9 Å². The van der Waals surface area contributed by atoms with Crippen LogP contribution in [0.2, 0.25) is 0 Å². The van der Waals surface area contributed by atoms with Gasteiger partial charge in [0, 0.05) is 24.5 Å². The van der Waals surface area contributed by atoms with Gasteiger partial charge in [0.1, 0.15) is 0 Å². The van der Waals surface area contributed by atoms with Crippen LogP contribution in [0.15, 0.2) is 42.5 Å². The maximum atomic E-state index is 6.21. The SMILES string of the molecule is CC[C@@H](N)c1ccccc1N(C)Cc1cccc(C)n1. The van der Waals surface area contributed by atoms with E-state index in [-0.39, 0.29) is 6.04 Å². The average Bonchev–Trinajstić information content (AvgIpc) is 2.46. The van der Waals surface area contributed by atoms with Crippen LogP contribution < -0.4 is 10.6 Å². The van der Waals surface area contributed by atoms with Crippen LogP contribution in [0.4, 0.5) is 5.69 Å². The third kappa shape index (κ3) is 3.36. The highest BCUT2D eigenvalue weighted by molar-refractivity contribution is 5.54. The van der Waals surface area contributed by atoms with E-state index in [2.05, 4.69) is 54.2 Å². The molecule has 2 rings (SSSR count). The summed E-state index contributed by atoms with van der Waals surface area (Å²) in [7, 11) is 2.09. The summed E-state index contributed by atoms with van der Waals surface area (Å²) in [6.07, 6.45) is 0.938. The molecule has 3 nitrogen and oxygen atoms in total. The predicted molar refractivity (Wildman–Crippen MR) is 84.7 cm³/mol. The van der Waals surface area contributed by atoms with Crippen molar-refractivity contribution in [3.05, 3.63) is 59.4 Å². The van der Waals surface area contributed by atoms with Crippen LogP contribution in [-0.4, -0.2) is 12.0 Å². The van der Waals surface area contributed by atoms with Crippen molar-refractivity contribution in [2.45, 2.75) is 32.9 Å². The molecule has 0 saturated carbocycles. The van der Waals surface area contributed by atoms with Gasteiger partial charge < -0.3 is 10.6 Å². The fraction of sp³-hybridized carbons (Fsp3) is 0.353. The third-order valence-electron chi connectivity index (χ3n) is 3.53. The molecule has 0 amide bonds. The minimum Gasteiger partial charge on any atom is -0.368 e. The number of anilines is 1. The van der Waals surface area contributed by atoms with E-state index < -0.39 is 0 Å². The number of hydrogen-bond acceptors (Lipinski definition) is 3. The van der Waals surface area contributed by atoms with Crippen LogP contribution in [0.1, 0.15) is 36.3 Å². The van der Waals surface area contributed by atoms with Gasteiger partial charge in [-0.2, -0.15) is 0 Å². The zero-order chi connectivity index (χ0) is 14.5. The van der Waals surface area contributed by atoms with E-state index in [9.17, 15) is 0 Å². The molecule has 0 bridgehead atoms. The summed E-state index contributed by atoms with van der Waals surface area (Å²) in [5.74, 6) is 0. The van der Waals surface area contributed by atoms with Gasteiger partial charge in [-0.15, -0.1) is 0 Å². The quantitative estimate of drug-likeness (QED) is 0.904. The number of benzene rings is 1. The molecule has 1 heterocycles. The number of rotatable bonds is 5. The van der Waals surface area contributed by atoms with E-state index in [0.717, 1.165) is 24.4 Å². The number of aryl methyl sites for hydroxylation is 1. The lowest BCUT2D eigenvalue weighted by atomic mass is 10.0. The van der Waals surface area contributed by atoms with E-state index in [0.29, 0.717) is 0 Å². The lowest BCUT2D eigenvalue weighted by Crippen LogP contribution is -2.21. The van der Waals surface area contributed by atoms with Crippen molar-refractivity contribution in [1.82, 2.24) is 4.98 Å². The van der Waals surface area contributed by atoms with Crippen LogP contribution >= 0.6 is 0 Å². The molecule has 2 N–H and O–H groups in total. The zero-order valence-electron chi connectivity index (χ0n) is 12.5. The number of aromatic nitrogens is 1. The van der Waals surface area contributed by atoms with Crippen LogP contribution in [0, 0.1) is 6.92 Å². The highest BCUT2D eigenvalue weighted by Gasteiger charge is 2.12. The Balaban J connectivity index is 2.23. The molecule has 0 radical (unpaired) electrons. The fourth-order valence-electron chi connectivity index (χ4n) is 2.38. The minimum absolute atomic E-state index is 0.0825. The first-order valence-corrected chi connectivity index (χ1v) is 7.10. The Morgan fingerprint density at radius 2 is 1.90 bits per heavy atom. The lowest BCUT2D eigenvalue weighted by Gasteiger charge is -2.24. The summed E-state index contributed by atoms with van der Waals surface area (Å²) in [4.78, 5) is 6.78. The summed E-state index contributed by atoms with van der Waals surface area (Å²) in [6.45, 7) is 4.92. The van der Waals surface area contributed by atoms with Gasteiger partial charge in [0.15, 0.2) is 0 Å². The van der Waals surface area contributed by atoms with E-state index >= 15 is 0 Å². The highest BCUT2D eigenvalue weighted by atomic mass is 15.1. The fourth-order valence-corrected chi connectivity index (χ4v) is 2.38. The van der Waals surface area contributed by atoms with Gasteiger partial charge in [0.05, 0.1) is 12.2 Å². The molecular formula is C17H23N3. The van der Waals surface area contributed by atoms with Crippen LogP contribution in [0.25, 0.3) is 0 Å². The zero-order valence-corrected chi connectivity index (χ0v) is 12.5. The Labute approximate surface area is 121 Å². The van der Waals surface area contributed by atoms with Gasteiger partial charge in [-0.05, 0) is 37.1 Å². The van der Waals surface area contributed by atoms with Crippen molar-refractivity contribution in [3.63, 3.8) is 0 Å². The standard InChI is InChI=1S/C17H23N3/c1-4-16(18)15-10-5-6-11-17(15)20(3)12-14-9-7-8-13(2)19-14/h5-11,16H,4,12,18H2,1-3H3/t16-/m1/s1. The predicted octanol–water partition coefficient (Wildman–Crippen LogP) is 3.44. The van der Waals surface area contributed by atoms with Gasteiger partial charge in [0.25, 0.3) is 0 Å². The number of nitrogens with zero attached hydrogens (tertiary/aromatic N) is 2. The first kappa shape index (κ1) is 14.5. The monoisotopic (exact) mass is 269 g/mol. The summed E-state index contributed by atoms with van der Waals surface area (Å²) in [5.41, 5.74) is 10.7. The first-order valence-electron chi connectivity index (χ1n) is 7.10. The van der Waals surface area contributed by atoms with E-state index in [1.807, 2.05) is 19.1 Å². The Bertz CT molecular complexity index is 566. The number of nitrogens with two attached hydrogens (primary N) is 1. The lowest BCUT2D eigenvalue weighted by molar-refractivity contribution is 0.693. The molecule has 3 heteroatoms. The summed E-state index contributed by atoms with van der Waals surface area (Å²) >= 11 is 0. The topological polar surface area (TPSA) is 42.1 Å². The van der Waals surface area contributed by atoms with Crippen LogP contribution in [0.3, 0.4) is 0 Å². The summed E-state index contributed by atoms with van der Waals surface area (Å²) < 4.78 is 0. The normalized spacial score (nSPS) is 12.2. The molecule has 0 aliphatic rings. The molecule has 1 aromatic heterocycles. The number of hydrogen-bond donors (Lipinski definition) is 1. The molecule has 0 saturated heterocycles. The van der Waals surface area contributed by atoms with Gasteiger partial charge in [-0.3, -0.25) is 4.98 Å². The largest absolute Gasteiger partial charge is 0.368 e. The minimum atomic E-state index is 0.0825. The van der Waals surface area contributed by atoms with Crippen molar-refractivity contribution in [2.24, 2.45) is 5.73 Å². The molecule has 2 aromatic rings. The molecule has 0 spiro atoms. The van der Waals surface area contributed by atoms with Gasteiger partial charge in [-0.1, -0.05) is 31.2 Å². The third-order valence-corrected chi connectivity index (χ3v) is 3.53. The Morgan fingerprint density at radius 1 is 1.15 bits per heavy atom.